The third-order valence-electron chi connectivity index (χ3n) is 3.25. The Balaban J connectivity index is 1.95. The predicted octanol–water partition coefficient (Wildman–Crippen LogP) is 3.52. The molecular formula is C16H14F3N3O2S. The van der Waals surface area contributed by atoms with Gasteiger partial charge in [-0.05, 0) is 25.1 Å². The van der Waals surface area contributed by atoms with Gasteiger partial charge >= 0.3 is 6.18 Å². The molecule has 1 aromatic carbocycles. The van der Waals surface area contributed by atoms with E-state index in [4.69, 9.17) is 5.48 Å². The number of halogens is 3. The fraction of sp³-hybridized carbons (Fsp3) is 0.250. The van der Waals surface area contributed by atoms with Crippen LogP contribution in [0.1, 0.15) is 16.7 Å². The number of ether oxygens (including phenoxy) is 1. The molecule has 25 heavy (non-hydrogen) atoms. The Labute approximate surface area is 149 Å². The summed E-state index contributed by atoms with van der Waals surface area (Å²) in [6, 6.07) is 6.15. The van der Waals surface area contributed by atoms with Gasteiger partial charge in [0.25, 0.3) is 0 Å². The summed E-state index contributed by atoms with van der Waals surface area (Å²) in [6.45, 7) is -2.81. The lowest BCUT2D eigenvalue weighted by atomic mass is 10.2. The van der Waals surface area contributed by atoms with Crippen LogP contribution in [0.25, 0.3) is 11.0 Å². The lowest BCUT2D eigenvalue weighted by Gasteiger charge is -2.13. The van der Waals surface area contributed by atoms with E-state index >= 15 is 0 Å². The van der Waals surface area contributed by atoms with E-state index < -0.39 is 41.5 Å². The van der Waals surface area contributed by atoms with Crippen LogP contribution in [-0.4, -0.2) is 31.9 Å². The highest BCUT2D eigenvalue weighted by Gasteiger charge is 2.29. The van der Waals surface area contributed by atoms with Gasteiger partial charge in [0.1, 0.15) is 5.75 Å². The van der Waals surface area contributed by atoms with E-state index in [1.54, 1.807) is 24.3 Å². The molecule has 5 nitrogen and oxygen atoms in total. The number of alkyl halides is 3. The van der Waals surface area contributed by atoms with Gasteiger partial charge in [-0.1, -0.05) is 12.1 Å². The van der Waals surface area contributed by atoms with Crippen LogP contribution < -0.4 is 4.74 Å². The molecule has 0 fully saturated rings. The maximum absolute atomic E-state index is 12.8. The highest BCUT2D eigenvalue weighted by molar-refractivity contribution is 7.84. The van der Waals surface area contributed by atoms with E-state index in [2.05, 4.69) is 19.7 Å². The van der Waals surface area contributed by atoms with Crippen LogP contribution in [0.4, 0.5) is 13.2 Å². The average Bonchev–Trinajstić information content (AvgIpc) is 3.06. The molecule has 0 saturated carbocycles. The van der Waals surface area contributed by atoms with Gasteiger partial charge in [0.15, 0.2) is 11.7 Å². The molecule has 0 amide bonds. The number of nitrogens with zero attached hydrogens (tertiary/aromatic N) is 2. The SMILES string of the molecule is [2H]c1nc(CS(=O)c2nc3ccccc3[nH]2)c(C)c(OC([2H])([2H])C(F)(F)F)c1[2H]. The Morgan fingerprint density at radius 1 is 1.40 bits per heavy atom. The lowest BCUT2D eigenvalue weighted by Crippen LogP contribution is -2.19. The number of hydrogen-bond acceptors (Lipinski definition) is 4. The standard InChI is InChI=1S/C16H14F3N3O2S/c1-10-13(20-7-6-14(10)24-9-16(17,18)19)8-25(23)15-21-11-4-2-3-5-12(11)22-15/h2-7H,8-9H2,1H3,(H,21,22)/i6D,7D,9D2. The fourth-order valence-corrected chi connectivity index (χ4v) is 3.13. The number of aromatic nitrogens is 3. The van der Waals surface area contributed by atoms with E-state index in [1.807, 2.05) is 0 Å². The van der Waals surface area contributed by atoms with Crippen molar-refractivity contribution in [3.05, 3.63) is 47.7 Å². The lowest BCUT2D eigenvalue weighted by molar-refractivity contribution is -0.153. The molecule has 2 heterocycles. The van der Waals surface area contributed by atoms with Crippen molar-refractivity contribution in [3.63, 3.8) is 0 Å². The Morgan fingerprint density at radius 3 is 2.88 bits per heavy atom. The quantitative estimate of drug-likeness (QED) is 0.743. The first-order valence-electron chi connectivity index (χ1n) is 8.96. The van der Waals surface area contributed by atoms with Gasteiger partial charge in [-0.15, -0.1) is 0 Å². The van der Waals surface area contributed by atoms with Crippen LogP contribution in [-0.2, 0) is 16.6 Å². The normalized spacial score (nSPS) is 16.0. The minimum atomic E-state index is -5.35. The summed E-state index contributed by atoms with van der Waals surface area (Å²) in [5.74, 6) is -1.09. The molecule has 2 aromatic heterocycles. The summed E-state index contributed by atoms with van der Waals surface area (Å²) >= 11 is 0. The molecule has 132 valence electrons. The topological polar surface area (TPSA) is 67.9 Å². The number of H-pyrrole nitrogens is 1. The molecule has 0 radical (unpaired) electrons. The molecule has 1 atom stereocenters. The van der Waals surface area contributed by atoms with Crippen molar-refractivity contribution in [2.75, 3.05) is 6.56 Å². The highest BCUT2D eigenvalue weighted by atomic mass is 32.2. The molecule has 9 heteroatoms. The second kappa shape index (κ2) is 6.83. The van der Waals surface area contributed by atoms with Crippen LogP contribution in [0.3, 0.4) is 0 Å². The second-order valence-electron chi connectivity index (χ2n) is 5.00. The zero-order valence-corrected chi connectivity index (χ0v) is 13.6. The predicted molar refractivity (Wildman–Crippen MR) is 86.7 cm³/mol. The largest absolute Gasteiger partial charge is 0.484 e. The summed E-state index contributed by atoms with van der Waals surface area (Å²) in [5, 5.41) is 0.113. The second-order valence-corrected chi connectivity index (χ2v) is 6.37. The molecule has 0 bridgehead atoms. The number of aromatic amines is 1. The van der Waals surface area contributed by atoms with Crippen molar-refractivity contribution in [3.8, 4) is 5.75 Å². The number of rotatable bonds is 5. The third-order valence-corrected chi connectivity index (χ3v) is 4.41. The number of nitrogens with one attached hydrogen (secondary N) is 1. The van der Waals surface area contributed by atoms with Gasteiger partial charge in [-0.25, -0.2) is 4.98 Å². The third kappa shape index (κ3) is 4.16. The molecular weight excluding hydrogens is 355 g/mol. The zero-order chi connectivity index (χ0) is 21.6. The van der Waals surface area contributed by atoms with E-state index in [-0.39, 0.29) is 22.2 Å². The van der Waals surface area contributed by atoms with Crippen molar-refractivity contribution in [1.29, 1.82) is 0 Å². The van der Waals surface area contributed by atoms with E-state index in [1.165, 1.54) is 6.92 Å². The van der Waals surface area contributed by atoms with Crippen LogP contribution in [0.15, 0.2) is 41.6 Å². The molecule has 0 aliphatic rings. The Hall–Kier alpha value is -2.42. The molecule has 3 rings (SSSR count). The molecule has 3 aromatic rings. The van der Waals surface area contributed by atoms with Crippen LogP contribution in [0, 0.1) is 6.92 Å². The summed E-state index contributed by atoms with van der Waals surface area (Å²) in [4.78, 5) is 10.9. The summed E-state index contributed by atoms with van der Waals surface area (Å²) in [7, 11) is -1.79. The Bertz CT molecular complexity index is 1070. The zero-order valence-electron chi connectivity index (χ0n) is 16.8. The number of imidazole rings is 1. The number of hydrogen-bond donors (Lipinski definition) is 1. The monoisotopic (exact) mass is 373 g/mol. The van der Waals surface area contributed by atoms with Gasteiger partial charge in [0, 0.05) is 11.7 Å². The van der Waals surface area contributed by atoms with Gasteiger partial charge in [0.2, 0.25) is 0 Å². The Kier molecular flexibility index (Phi) is 3.52. The van der Waals surface area contributed by atoms with Gasteiger partial charge in [-0.3, -0.25) is 9.19 Å². The smallest absolute Gasteiger partial charge is 0.422 e. The van der Waals surface area contributed by atoms with Crippen LogP contribution in [0.2, 0.25) is 0 Å². The number of para-hydroxylation sites is 2. The molecule has 1 N–H and O–H groups in total. The summed E-state index contributed by atoms with van der Waals surface area (Å²) < 4.78 is 85.1. The maximum atomic E-state index is 12.8. The fourth-order valence-electron chi connectivity index (χ4n) is 2.04. The van der Waals surface area contributed by atoms with Gasteiger partial charge in [-0.2, -0.15) is 13.2 Å². The van der Waals surface area contributed by atoms with Crippen LogP contribution >= 0.6 is 0 Å². The average molecular weight is 373 g/mol. The first-order valence-corrected chi connectivity index (χ1v) is 8.28. The van der Waals surface area contributed by atoms with Gasteiger partial charge < -0.3 is 9.72 Å². The minimum Gasteiger partial charge on any atom is -0.484 e. The summed E-state index contributed by atoms with van der Waals surface area (Å²) in [5.41, 5.74) is 1.05. The molecule has 1 unspecified atom stereocenters. The maximum Gasteiger partial charge on any atom is 0.422 e. The first-order chi connectivity index (χ1) is 13.4. The Morgan fingerprint density at radius 2 is 2.16 bits per heavy atom. The number of benzene rings is 1. The van der Waals surface area contributed by atoms with E-state index in [0.29, 0.717) is 11.0 Å². The molecule has 0 aliphatic carbocycles. The molecule has 0 spiro atoms. The van der Waals surface area contributed by atoms with Gasteiger partial charge in [0.05, 0.1) is 38.8 Å². The van der Waals surface area contributed by atoms with E-state index in [0.717, 1.165) is 0 Å². The minimum absolute atomic E-state index is 0.0576. The first kappa shape index (κ1) is 12.9. The van der Waals surface area contributed by atoms with Crippen molar-refractivity contribution in [1.82, 2.24) is 15.0 Å². The van der Waals surface area contributed by atoms with Crippen LogP contribution in [0.5, 0.6) is 5.75 Å². The highest BCUT2D eigenvalue weighted by Crippen LogP contribution is 2.24. The number of pyridine rings is 1. The van der Waals surface area contributed by atoms with Crippen molar-refractivity contribution in [2.45, 2.75) is 24.0 Å². The van der Waals surface area contributed by atoms with Crippen molar-refractivity contribution in [2.24, 2.45) is 0 Å². The van der Waals surface area contributed by atoms with E-state index in [9.17, 15) is 17.4 Å². The molecule has 0 aliphatic heterocycles. The van der Waals surface area contributed by atoms with Crippen molar-refractivity contribution < 1.29 is 27.6 Å². The number of fused-ring (bicyclic) bond motifs is 1. The van der Waals surface area contributed by atoms with Crippen molar-refractivity contribution >= 4 is 21.8 Å². The molecule has 0 saturated heterocycles. The summed E-state index contributed by atoms with van der Waals surface area (Å²) in [6.07, 6.45) is -6.07.